The number of ether oxygens (including phenoxy) is 2. The molecule has 8 heteroatoms. The highest BCUT2D eigenvalue weighted by atomic mass is 35.5. The van der Waals surface area contributed by atoms with Crippen LogP contribution in [0.15, 0.2) is 109 Å². The maximum Gasteiger partial charge on any atom is 0.340 e. The number of hydrogen-bond acceptors (Lipinski definition) is 6. The predicted octanol–water partition coefficient (Wildman–Crippen LogP) is 7.83. The predicted molar refractivity (Wildman–Crippen MR) is 159 cm³/mol. The van der Waals surface area contributed by atoms with Gasteiger partial charge >= 0.3 is 5.97 Å². The van der Waals surface area contributed by atoms with Gasteiger partial charge in [-0.2, -0.15) is 0 Å². The monoisotopic (exact) mass is 560 g/mol. The number of hydrogen-bond donors (Lipinski definition) is 0. The number of aromatic nitrogens is 4. The van der Waals surface area contributed by atoms with E-state index >= 15 is 0 Å². The largest absolute Gasteiger partial charge is 0.462 e. The highest BCUT2D eigenvalue weighted by molar-refractivity contribution is 6.31. The van der Waals surface area contributed by atoms with Crippen molar-refractivity contribution in [2.24, 2.45) is 0 Å². The maximum atomic E-state index is 13.4. The number of nitrogens with zero attached hydrogens (tertiary/aromatic N) is 4. The molecule has 0 fully saturated rings. The Bertz CT molecular complexity index is 1820. The Morgan fingerprint density at radius 3 is 2.29 bits per heavy atom. The molecule has 0 saturated heterocycles. The zero-order valence-corrected chi connectivity index (χ0v) is 23.0. The minimum absolute atomic E-state index is 0.217. The van der Waals surface area contributed by atoms with E-state index in [-0.39, 0.29) is 13.2 Å². The van der Waals surface area contributed by atoms with Crippen LogP contribution in [0.3, 0.4) is 0 Å². The van der Waals surface area contributed by atoms with Crippen LogP contribution in [0.1, 0.15) is 23.0 Å². The van der Waals surface area contributed by atoms with Crippen molar-refractivity contribution in [1.82, 2.24) is 20.0 Å². The van der Waals surface area contributed by atoms with E-state index in [0.717, 1.165) is 33.6 Å². The second-order valence-corrected chi connectivity index (χ2v) is 9.73. The van der Waals surface area contributed by atoms with Crippen molar-refractivity contribution in [3.63, 3.8) is 0 Å². The summed E-state index contributed by atoms with van der Waals surface area (Å²) in [5.41, 5.74) is 4.78. The van der Waals surface area contributed by atoms with Crippen LogP contribution >= 0.6 is 11.6 Å². The number of esters is 1. The van der Waals surface area contributed by atoms with Crippen molar-refractivity contribution in [3.8, 4) is 33.9 Å². The molecule has 0 N–H and O–H groups in total. The summed E-state index contributed by atoms with van der Waals surface area (Å²) in [4.78, 5) is 18.3. The number of pyridine rings is 1. The van der Waals surface area contributed by atoms with Crippen LogP contribution in [0.5, 0.6) is 11.5 Å². The number of carbonyl (C=O) groups is 1. The highest BCUT2D eigenvalue weighted by Crippen LogP contribution is 2.35. The molecule has 0 unspecified atom stereocenters. The van der Waals surface area contributed by atoms with Gasteiger partial charge in [0.2, 0.25) is 0 Å². The summed E-state index contributed by atoms with van der Waals surface area (Å²) in [5.74, 6) is 1.04. The minimum atomic E-state index is -0.454. The fraction of sp³-hybridized carbons (Fsp3) is 0.0909. The van der Waals surface area contributed by atoms with Crippen LogP contribution in [0.4, 0.5) is 0 Å². The van der Waals surface area contributed by atoms with E-state index in [1.165, 1.54) is 0 Å². The van der Waals surface area contributed by atoms with Crippen LogP contribution in [0.25, 0.3) is 33.3 Å². The molecule has 0 aliphatic heterocycles. The molecular formula is C33H25ClN4O3. The first-order valence-electron chi connectivity index (χ1n) is 13.2. The van der Waals surface area contributed by atoms with E-state index < -0.39 is 5.97 Å². The average Bonchev–Trinajstić information content (AvgIpc) is 3.46. The second-order valence-electron chi connectivity index (χ2n) is 9.30. The molecule has 202 valence electrons. The normalized spacial score (nSPS) is 11.0. The molecule has 0 bridgehead atoms. The molecule has 41 heavy (non-hydrogen) atoms. The lowest BCUT2D eigenvalue weighted by Gasteiger charge is -2.17. The van der Waals surface area contributed by atoms with Gasteiger partial charge in [0.15, 0.2) is 0 Å². The van der Waals surface area contributed by atoms with Gasteiger partial charge in [-0.25, -0.2) is 14.5 Å². The third-order valence-corrected chi connectivity index (χ3v) is 6.78. The standard InChI is InChI=1S/C33H25ClN4O3/c1-2-40-33(39)32-30(35-28-18-15-24(34)19-27(28)31(32)23-9-5-3-6-10-23)21-38-20-29(36-37-38)22-13-16-26(17-14-22)41-25-11-7-4-8-12-25/h3-20H,2,21H2,1H3. The van der Waals surface area contributed by atoms with Crippen LogP contribution < -0.4 is 4.74 Å². The van der Waals surface area contributed by atoms with Gasteiger partial charge in [-0.3, -0.25) is 0 Å². The first kappa shape index (κ1) is 26.2. The molecule has 7 nitrogen and oxygen atoms in total. The van der Waals surface area contributed by atoms with Crippen molar-refractivity contribution in [1.29, 1.82) is 0 Å². The maximum absolute atomic E-state index is 13.4. The Morgan fingerprint density at radius 1 is 0.854 bits per heavy atom. The summed E-state index contributed by atoms with van der Waals surface area (Å²) in [7, 11) is 0. The van der Waals surface area contributed by atoms with Gasteiger partial charge in [-0.15, -0.1) is 5.10 Å². The van der Waals surface area contributed by atoms with Crippen molar-refractivity contribution in [2.75, 3.05) is 6.61 Å². The molecule has 2 heterocycles. The summed E-state index contributed by atoms with van der Waals surface area (Å²) in [6.45, 7) is 2.23. The molecule has 0 aliphatic carbocycles. The number of fused-ring (bicyclic) bond motifs is 1. The molecule has 4 aromatic carbocycles. The lowest BCUT2D eigenvalue weighted by Crippen LogP contribution is -2.15. The second kappa shape index (κ2) is 11.6. The summed E-state index contributed by atoms with van der Waals surface area (Å²) in [6.07, 6.45) is 1.83. The molecule has 0 spiro atoms. The van der Waals surface area contributed by atoms with Crippen molar-refractivity contribution >= 4 is 28.5 Å². The Labute approximate surface area is 242 Å². The first-order chi connectivity index (χ1) is 20.1. The van der Waals surface area contributed by atoms with Crippen molar-refractivity contribution in [3.05, 3.63) is 126 Å². The van der Waals surface area contributed by atoms with E-state index in [9.17, 15) is 4.79 Å². The first-order valence-corrected chi connectivity index (χ1v) is 13.5. The summed E-state index contributed by atoms with van der Waals surface area (Å²) in [6, 6.07) is 32.5. The lowest BCUT2D eigenvalue weighted by molar-refractivity contribution is 0.0525. The number of rotatable bonds is 8. The molecule has 0 atom stereocenters. The fourth-order valence-electron chi connectivity index (χ4n) is 4.71. The smallest absolute Gasteiger partial charge is 0.340 e. The number of halogens is 1. The van der Waals surface area contributed by atoms with Crippen molar-refractivity contribution in [2.45, 2.75) is 13.5 Å². The van der Waals surface area contributed by atoms with Gasteiger partial charge in [-0.05, 0) is 67.1 Å². The summed E-state index contributed by atoms with van der Waals surface area (Å²) in [5, 5.41) is 10.0. The van der Waals surface area contributed by atoms with Crippen LogP contribution in [-0.2, 0) is 11.3 Å². The zero-order valence-electron chi connectivity index (χ0n) is 22.2. The molecule has 0 aliphatic rings. The number of benzene rings is 4. The van der Waals surface area contributed by atoms with Gasteiger partial charge in [0.05, 0.1) is 36.1 Å². The Kier molecular flexibility index (Phi) is 7.43. The van der Waals surface area contributed by atoms with Crippen LogP contribution in [-0.4, -0.2) is 32.6 Å². The third-order valence-electron chi connectivity index (χ3n) is 6.54. The van der Waals surface area contributed by atoms with Crippen LogP contribution in [0.2, 0.25) is 5.02 Å². The average molecular weight is 561 g/mol. The fourth-order valence-corrected chi connectivity index (χ4v) is 4.88. The summed E-state index contributed by atoms with van der Waals surface area (Å²) >= 11 is 6.38. The van der Waals surface area contributed by atoms with Gasteiger partial charge < -0.3 is 9.47 Å². The molecule has 6 aromatic rings. The SMILES string of the molecule is CCOC(=O)c1c(Cn2cc(-c3ccc(Oc4ccccc4)cc3)nn2)nc2ccc(Cl)cc2c1-c1ccccc1. The zero-order chi connectivity index (χ0) is 28.2. The van der Waals surface area contributed by atoms with Gasteiger partial charge in [0.25, 0.3) is 0 Å². The van der Waals surface area contributed by atoms with E-state index in [4.69, 9.17) is 26.1 Å². The van der Waals surface area contributed by atoms with Gasteiger partial charge in [0, 0.05) is 21.5 Å². The number of para-hydroxylation sites is 1. The molecule has 6 rings (SSSR count). The Morgan fingerprint density at radius 2 is 1.56 bits per heavy atom. The van der Waals surface area contributed by atoms with Gasteiger partial charge in [-0.1, -0.05) is 65.3 Å². The third kappa shape index (κ3) is 5.66. The molecule has 0 radical (unpaired) electrons. The molecular weight excluding hydrogens is 536 g/mol. The topological polar surface area (TPSA) is 79.1 Å². The molecule has 0 saturated carbocycles. The summed E-state index contributed by atoms with van der Waals surface area (Å²) < 4.78 is 13.1. The quantitative estimate of drug-likeness (QED) is 0.176. The van der Waals surface area contributed by atoms with E-state index in [1.54, 1.807) is 17.7 Å². The molecule has 0 amide bonds. The van der Waals surface area contributed by atoms with Crippen molar-refractivity contribution < 1.29 is 14.3 Å². The van der Waals surface area contributed by atoms with E-state index in [0.29, 0.717) is 27.5 Å². The lowest BCUT2D eigenvalue weighted by atomic mass is 9.94. The van der Waals surface area contributed by atoms with Crippen LogP contribution in [0, 0.1) is 0 Å². The minimum Gasteiger partial charge on any atom is -0.462 e. The number of carbonyl (C=O) groups excluding carboxylic acids is 1. The van der Waals surface area contributed by atoms with E-state index in [1.807, 2.05) is 103 Å². The van der Waals surface area contributed by atoms with Gasteiger partial charge in [0.1, 0.15) is 17.2 Å². The Hall–Kier alpha value is -5.01. The highest BCUT2D eigenvalue weighted by Gasteiger charge is 2.24. The van der Waals surface area contributed by atoms with E-state index in [2.05, 4.69) is 10.3 Å². The Balaban J connectivity index is 1.37. The molecule has 2 aromatic heterocycles.